The van der Waals surface area contributed by atoms with E-state index in [1.807, 2.05) is 16.8 Å². The summed E-state index contributed by atoms with van der Waals surface area (Å²) in [6, 6.07) is 0. The molecule has 0 aliphatic carbocycles. The molecule has 2 aromatic rings. The molecule has 2 N–H and O–H groups in total. The molecular formula is C15H26N6. The molecule has 0 radical (unpaired) electrons. The normalized spacial score (nSPS) is 12.1. The Balaban J connectivity index is 2.22. The molecule has 2 aromatic heterocycles. The Hall–Kier alpha value is -1.82. The van der Waals surface area contributed by atoms with Gasteiger partial charge in [-0.1, -0.05) is 6.92 Å². The highest BCUT2D eigenvalue weighted by Crippen LogP contribution is 2.18. The number of aromatic nitrogens is 3. The summed E-state index contributed by atoms with van der Waals surface area (Å²) in [5.74, 6) is 1.68. The Labute approximate surface area is 126 Å². The molecule has 0 aliphatic heterocycles. The van der Waals surface area contributed by atoms with Crippen LogP contribution in [-0.4, -0.2) is 52.0 Å². The summed E-state index contributed by atoms with van der Waals surface area (Å²) in [5.41, 5.74) is 0.893. The Morgan fingerprint density at radius 2 is 2.05 bits per heavy atom. The number of hydrogen-bond donors (Lipinski definition) is 2. The first-order chi connectivity index (χ1) is 9.94. The lowest BCUT2D eigenvalue weighted by Gasteiger charge is -2.32. The van der Waals surface area contributed by atoms with Gasteiger partial charge in [-0.15, -0.1) is 0 Å². The van der Waals surface area contributed by atoms with Crippen LogP contribution in [0.3, 0.4) is 0 Å². The zero-order valence-corrected chi connectivity index (χ0v) is 13.6. The van der Waals surface area contributed by atoms with Crippen molar-refractivity contribution in [1.29, 1.82) is 0 Å². The number of likely N-dealkylation sites (N-methyl/N-ethyl adjacent to an activating group) is 1. The number of imidazole rings is 1. The average Bonchev–Trinajstić information content (AvgIpc) is 2.90. The Bertz CT molecular complexity index is 587. The number of nitrogens with zero attached hydrogens (tertiary/aromatic N) is 4. The molecule has 2 rings (SSSR count). The van der Waals surface area contributed by atoms with Gasteiger partial charge >= 0.3 is 0 Å². The van der Waals surface area contributed by atoms with Crippen LogP contribution in [0.4, 0.5) is 11.6 Å². The summed E-state index contributed by atoms with van der Waals surface area (Å²) in [6.07, 6.45) is 6.78. The first-order valence-electron chi connectivity index (χ1n) is 7.43. The molecule has 6 heteroatoms. The third kappa shape index (κ3) is 3.64. The van der Waals surface area contributed by atoms with Crippen LogP contribution >= 0.6 is 0 Å². The smallest absolute Gasteiger partial charge is 0.180 e. The summed E-state index contributed by atoms with van der Waals surface area (Å²) >= 11 is 0. The largest absolute Gasteiger partial charge is 0.369 e. The maximum atomic E-state index is 4.65. The molecule has 0 aromatic carbocycles. The van der Waals surface area contributed by atoms with Crippen LogP contribution in [0, 0.1) is 0 Å². The van der Waals surface area contributed by atoms with Crippen LogP contribution in [0.5, 0.6) is 0 Å². The van der Waals surface area contributed by atoms with E-state index in [0.29, 0.717) is 0 Å². The van der Waals surface area contributed by atoms with Gasteiger partial charge in [0.05, 0.1) is 6.20 Å². The van der Waals surface area contributed by atoms with Gasteiger partial charge in [0.15, 0.2) is 11.5 Å². The van der Waals surface area contributed by atoms with Gasteiger partial charge in [-0.05, 0) is 34.4 Å². The zero-order valence-electron chi connectivity index (χ0n) is 13.6. The van der Waals surface area contributed by atoms with Crippen molar-refractivity contribution in [3.63, 3.8) is 0 Å². The van der Waals surface area contributed by atoms with Gasteiger partial charge in [0.2, 0.25) is 0 Å². The van der Waals surface area contributed by atoms with E-state index in [9.17, 15) is 0 Å². The third-order valence-electron chi connectivity index (χ3n) is 3.83. The number of anilines is 2. The van der Waals surface area contributed by atoms with Crippen molar-refractivity contribution in [2.24, 2.45) is 0 Å². The summed E-state index contributed by atoms with van der Waals surface area (Å²) < 4.78 is 2.00. The van der Waals surface area contributed by atoms with Crippen molar-refractivity contribution in [3.8, 4) is 0 Å². The van der Waals surface area contributed by atoms with Crippen LogP contribution in [0.15, 0.2) is 18.6 Å². The molecule has 0 saturated heterocycles. The minimum Gasteiger partial charge on any atom is -0.369 e. The van der Waals surface area contributed by atoms with Crippen LogP contribution < -0.4 is 10.6 Å². The third-order valence-corrected chi connectivity index (χ3v) is 3.83. The molecule has 0 fully saturated rings. The fourth-order valence-corrected chi connectivity index (χ4v) is 1.85. The van der Waals surface area contributed by atoms with Crippen LogP contribution in [-0.2, 0) is 0 Å². The molecule has 0 saturated carbocycles. The highest BCUT2D eigenvalue weighted by atomic mass is 15.2. The van der Waals surface area contributed by atoms with Gasteiger partial charge in [0.1, 0.15) is 5.82 Å². The quantitative estimate of drug-likeness (QED) is 0.819. The van der Waals surface area contributed by atoms with Crippen molar-refractivity contribution in [2.75, 3.05) is 37.8 Å². The molecule has 0 bridgehead atoms. The van der Waals surface area contributed by atoms with Gasteiger partial charge in [-0.25, -0.2) is 9.97 Å². The standard InChI is InChI=1S/C15H26N6/c1-6-7-16-12-10-21-9-8-17-14(21)13(19-12)18-11-15(2,3)20(4)5/h8-10,16H,6-7,11H2,1-5H3,(H,18,19). The SMILES string of the molecule is CCCNc1cn2ccnc2c(NCC(C)(C)N(C)C)n1. The summed E-state index contributed by atoms with van der Waals surface area (Å²) in [5, 5.41) is 6.76. The number of fused-ring (bicyclic) bond motifs is 1. The predicted octanol–water partition coefficient (Wildman–Crippen LogP) is 2.30. The molecule has 0 amide bonds. The van der Waals surface area contributed by atoms with Gasteiger partial charge in [0.25, 0.3) is 0 Å². The van der Waals surface area contributed by atoms with E-state index in [2.05, 4.69) is 60.4 Å². The molecular weight excluding hydrogens is 264 g/mol. The van der Waals surface area contributed by atoms with Crippen LogP contribution in [0.1, 0.15) is 27.2 Å². The minimum absolute atomic E-state index is 0.0398. The van der Waals surface area contributed by atoms with E-state index in [1.54, 1.807) is 6.20 Å². The van der Waals surface area contributed by atoms with Gasteiger partial charge < -0.3 is 19.9 Å². The monoisotopic (exact) mass is 290 g/mol. The first-order valence-corrected chi connectivity index (χ1v) is 7.43. The molecule has 0 aliphatic rings. The second-order valence-corrected chi connectivity index (χ2v) is 6.12. The van der Waals surface area contributed by atoms with Gasteiger partial charge in [-0.2, -0.15) is 0 Å². The number of rotatable bonds is 7. The molecule has 0 unspecified atom stereocenters. The number of nitrogens with one attached hydrogen (secondary N) is 2. The van der Waals surface area contributed by atoms with Gasteiger partial charge in [-0.3, -0.25) is 0 Å². The van der Waals surface area contributed by atoms with E-state index in [-0.39, 0.29) is 5.54 Å². The predicted molar refractivity (Wildman–Crippen MR) is 88.0 cm³/mol. The van der Waals surface area contributed by atoms with E-state index in [1.165, 1.54) is 0 Å². The van der Waals surface area contributed by atoms with E-state index in [0.717, 1.165) is 36.8 Å². The highest BCUT2D eigenvalue weighted by molar-refractivity contribution is 5.65. The Morgan fingerprint density at radius 3 is 2.71 bits per heavy atom. The average molecular weight is 290 g/mol. The maximum absolute atomic E-state index is 4.65. The zero-order chi connectivity index (χ0) is 15.5. The molecule has 6 nitrogen and oxygen atoms in total. The van der Waals surface area contributed by atoms with Crippen LogP contribution in [0.2, 0.25) is 0 Å². The van der Waals surface area contributed by atoms with Crippen molar-refractivity contribution in [2.45, 2.75) is 32.7 Å². The first kappa shape index (κ1) is 15.6. The van der Waals surface area contributed by atoms with Gasteiger partial charge in [0, 0.05) is 31.0 Å². The lowest BCUT2D eigenvalue weighted by Crippen LogP contribution is -2.44. The molecule has 21 heavy (non-hydrogen) atoms. The second-order valence-electron chi connectivity index (χ2n) is 6.12. The second kappa shape index (κ2) is 6.30. The van der Waals surface area contributed by atoms with Crippen molar-refractivity contribution in [1.82, 2.24) is 19.3 Å². The van der Waals surface area contributed by atoms with E-state index in [4.69, 9.17) is 0 Å². The van der Waals surface area contributed by atoms with Crippen molar-refractivity contribution in [3.05, 3.63) is 18.6 Å². The van der Waals surface area contributed by atoms with E-state index >= 15 is 0 Å². The van der Waals surface area contributed by atoms with Crippen LogP contribution in [0.25, 0.3) is 5.65 Å². The minimum atomic E-state index is 0.0398. The van der Waals surface area contributed by atoms with Crippen molar-refractivity contribution < 1.29 is 0 Å². The fraction of sp³-hybridized carbons (Fsp3) is 0.600. The lowest BCUT2D eigenvalue weighted by molar-refractivity contribution is 0.210. The highest BCUT2D eigenvalue weighted by Gasteiger charge is 2.21. The topological polar surface area (TPSA) is 57.5 Å². The molecule has 116 valence electrons. The van der Waals surface area contributed by atoms with Crippen molar-refractivity contribution >= 4 is 17.3 Å². The molecule has 0 spiro atoms. The summed E-state index contributed by atoms with van der Waals surface area (Å²) in [4.78, 5) is 11.2. The lowest BCUT2D eigenvalue weighted by atomic mass is 10.0. The summed E-state index contributed by atoms with van der Waals surface area (Å²) in [6.45, 7) is 8.24. The fourth-order valence-electron chi connectivity index (χ4n) is 1.85. The maximum Gasteiger partial charge on any atom is 0.180 e. The van der Waals surface area contributed by atoms with E-state index < -0.39 is 0 Å². The Morgan fingerprint density at radius 1 is 1.29 bits per heavy atom. The summed E-state index contributed by atoms with van der Waals surface area (Å²) in [7, 11) is 4.17. The molecule has 0 atom stereocenters. The Kier molecular flexibility index (Phi) is 4.67. The molecule has 2 heterocycles. The number of hydrogen-bond acceptors (Lipinski definition) is 5.